The normalized spacial score (nSPS) is 10.8. The second-order valence-electron chi connectivity index (χ2n) is 5.18. The Bertz CT molecular complexity index is 689. The van der Waals surface area contributed by atoms with Gasteiger partial charge in [0.1, 0.15) is 11.5 Å². The molecule has 25 heavy (non-hydrogen) atoms. The van der Waals surface area contributed by atoms with Crippen LogP contribution in [0.3, 0.4) is 0 Å². The molecule has 0 spiro atoms. The SMILES string of the molecule is CCc1ccc(CNC(=NC)NCc2ccc(OC)cc2OC)s1.I. The minimum atomic E-state index is 0. The molecular formula is C18H26IN3O2S. The van der Waals surface area contributed by atoms with Crippen LogP contribution in [-0.2, 0) is 19.5 Å². The molecular weight excluding hydrogens is 449 g/mol. The molecule has 0 saturated carbocycles. The summed E-state index contributed by atoms with van der Waals surface area (Å²) in [5.41, 5.74) is 1.05. The maximum Gasteiger partial charge on any atom is 0.191 e. The third kappa shape index (κ3) is 6.39. The van der Waals surface area contributed by atoms with E-state index in [1.54, 1.807) is 21.3 Å². The van der Waals surface area contributed by atoms with E-state index in [2.05, 4.69) is 34.7 Å². The van der Waals surface area contributed by atoms with Gasteiger partial charge >= 0.3 is 0 Å². The molecule has 138 valence electrons. The standard InChI is InChI=1S/C18H25N3O2S.HI/c1-5-15-8-9-16(24-15)12-21-18(19-2)20-11-13-6-7-14(22-3)10-17(13)23-4;/h6-10H,5,11-12H2,1-4H3,(H2,19,20,21);1H. The highest BCUT2D eigenvalue weighted by molar-refractivity contribution is 14.0. The van der Waals surface area contributed by atoms with Gasteiger partial charge in [-0.3, -0.25) is 4.99 Å². The molecule has 1 heterocycles. The summed E-state index contributed by atoms with van der Waals surface area (Å²) in [7, 11) is 5.08. The summed E-state index contributed by atoms with van der Waals surface area (Å²) in [6.07, 6.45) is 1.08. The van der Waals surface area contributed by atoms with E-state index in [9.17, 15) is 0 Å². The molecule has 0 aliphatic heterocycles. The highest BCUT2D eigenvalue weighted by Gasteiger charge is 2.06. The minimum Gasteiger partial charge on any atom is -0.497 e. The number of thiophene rings is 1. The average Bonchev–Trinajstić information content (AvgIpc) is 3.09. The van der Waals surface area contributed by atoms with Crippen LogP contribution < -0.4 is 20.1 Å². The fourth-order valence-corrected chi connectivity index (χ4v) is 3.17. The van der Waals surface area contributed by atoms with E-state index in [0.29, 0.717) is 6.54 Å². The molecule has 7 heteroatoms. The van der Waals surface area contributed by atoms with Crippen molar-refractivity contribution in [2.75, 3.05) is 21.3 Å². The molecule has 0 aliphatic carbocycles. The molecule has 2 aromatic rings. The van der Waals surface area contributed by atoms with Crippen molar-refractivity contribution in [2.24, 2.45) is 4.99 Å². The van der Waals surface area contributed by atoms with Gasteiger partial charge in [0.2, 0.25) is 0 Å². The number of nitrogens with zero attached hydrogens (tertiary/aromatic N) is 1. The monoisotopic (exact) mass is 475 g/mol. The largest absolute Gasteiger partial charge is 0.497 e. The summed E-state index contributed by atoms with van der Waals surface area (Å²) in [6.45, 7) is 3.56. The van der Waals surface area contributed by atoms with Crippen molar-refractivity contribution in [3.05, 3.63) is 45.6 Å². The second-order valence-corrected chi connectivity index (χ2v) is 6.43. The molecule has 1 aromatic carbocycles. The Morgan fingerprint density at radius 2 is 1.76 bits per heavy atom. The van der Waals surface area contributed by atoms with Gasteiger partial charge in [0.25, 0.3) is 0 Å². The number of benzene rings is 1. The van der Waals surface area contributed by atoms with Gasteiger partial charge in [0.15, 0.2) is 5.96 Å². The van der Waals surface area contributed by atoms with Crippen LogP contribution in [-0.4, -0.2) is 27.2 Å². The van der Waals surface area contributed by atoms with Crippen molar-refractivity contribution in [1.82, 2.24) is 10.6 Å². The van der Waals surface area contributed by atoms with Crippen molar-refractivity contribution in [3.63, 3.8) is 0 Å². The quantitative estimate of drug-likeness (QED) is 0.364. The number of hydrogen-bond donors (Lipinski definition) is 2. The zero-order valence-electron chi connectivity index (χ0n) is 15.1. The van der Waals surface area contributed by atoms with E-state index in [1.807, 2.05) is 29.5 Å². The first kappa shape index (κ1) is 21.6. The first-order valence-electron chi connectivity index (χ1n) is 7.93. The Kier molecular flexibility index (Phi) is 9.66. The van der Waals surface area contributed by atoms with Gasteiger partial charge in [-0.2, -0.15) is 0 Å². The summed E-state index contributed by atoms with van der Waals surface area (Å²) in [4.78, 5) is 6.97. The van der Waals surface area contributed by atoms with Crippen molar-refractivity contribution < 1.29 is 9.47 Å². The van der Waals surface area contributed by atoms with E-state index in [-0.39, 0.29) is 24.0 Å². The summed E-state index contributed by atoms with van der Waals surface area (Å²) in [6, 6.07) is 10.1. The molecule has 0 radical (unpaired) electrons. The van der Waals surface area contributed by atoms with Gasteiger partial charge in [-0.25, -0.2) is 0 Å². The fraction of sp³-hybridized carbons (Fsp3) is 0.389. The maximum atomic E-state index is 5.42. The van der Waals surface area contributed by atoms with E-state index >= 15 is 0 Å². The minimum absolute atomic E-state index is 0. The van der Waals surface area contributed by atoms with Crippen LogP contribution in [0.5, 0.6) is 11.5 Å². The fourth-order valence-electron chi connectivity index (χ4n) is 2.28. The molecule has 5 nitrogen and oxygen atoms in total. The number of ether oxygens (including phenoxy) is 2. The number of rotatable bonds is 7. The van der Waals surface area contributed by atoms with Crippen molar-refractivity contribution in [2.45, 2.75) is 26.4 Å². The summed E-state index contributed by atoms with van der Waals surface area (Å²) < 4.78 is 10.6. The second kappa shape index (κ2) is 11.2. The number of halogens is 1. The maximum absolute atomic E-state index is 5.42. The smallest absolute Gasteiger partial charge is 0.191 e. The van der Waals surface area contributed by atoms with Gasteiger partial charge < -0.3 is 20.1 Å². The number of guanidine groups is 1. The van der Waals surface area contributed by atoms with Gasteiger partial charge in [-0.15, -0.1) is 35.3 Å². The summed E-state index contributed by atoms with van der Waals surface area (Å²) in [5.74, 6) is 2.34. The molecule has 0 atom stereocenters. The molecule has 1 aromatic heterocycles. The highest BCUT2D eigenvalue weighted by atomic mass is 127. The molecule has 0 saturated heterocycles. The topological polar surface area (TPSA) is 54.9 Å². The lowest BCUT2D eigenvalue weighted by Crippen LogP contribution is -2.36. The predicted octanol–water partition coefficient (Wildman–Crippen LogP) is 3.81. The van der Waals surface area contributed by atoms with Crippen LogP contribution in [0.2, 0.25) is 0 Å². The lowest BCUT2D eigenvalue weighted by atomic mass is 10.2. The van der Waals surface area contributed by atoms with Crippen LogP contribution >= 0.6 is 35.3 Å². The molecule has 0 amide bonds. The number of aliphatic imine (C=N–C) groups is 1. The van der Waals surface area contributed by atoms with Crippen LogP contribution in [0, 0.1) is 0 Å². The summed E-state index contributed by atoms with van der Waals surface area (Å²) >= 11 is 1.83. The highest BCUT2D eigenvalue weighted by Crippen LogP contribution is 2.24. The Morgan fingerprint density at radius 1 is 1.04 bits per heavy atom. The summed E-state index contributed by atoms with van der Waals surface area (Å²) in [5, 5.41) is 6.65. The molecule has 2 N–H and O–H groups in total. The number of methoxy groups -OCH3 is 2. The van der Waals surface area contributed by atoms with Gasteiger partial charge in [0, 0.05) is 35.0 Å². The van der Waals surface area contributed by atoms with Crippen molar-refractivity contribution in [3.8, 4) is 11.5 Å². The van der Waals surface area contributed by atoms with E-state index < -0.39 is 0 Å². The first-order chi connectivity index (χ1) is 11.7. The number of aryl methyl sites for hydroxylation is 1. The molecule has 2 rings (SSSR count). The zero-order valence-corrected chi connectivity index (χ0v) is 18.2. The third-order valence-corrected chi connectivity index (χ3v) is 4.89. The molecule has 0 aliphatic rings. The van der Waals surface area contributed by atoms with Crippen LogP contribution in [0.4, 0.5) is 0 Å². The Hall–Kier alpha value is -1.48. The average molecular weight is 475 g/mol. The molecule has 0 bridgehead atoms. The van der Waals surface area contributed by atoms with Crippen LogP contribution in [0.1, 0.15) is 22.2 Å². The molecule has 0 fully saturated rings. The molecule has 0 unspecified atom stereocenters. The Labute approximate surface area is 170 Å². The van der Waals surface area contributed by atoms with Crippen LogP contribution in [0.15, 0.2) is 35.3 Å². The lowest BCUT2D eigenvalue weighted by Gasteiger charge is -2.14. The van der Waals surface area contributed by atoms with E-state index in [4.69, 9.17) is 9.47 Å². The number of nitrogens with one attached hydrogen (secondary N) is 2. The lowest BCUT2D eigenvalue weighted by molar-refractivity contribution is 0.390. The first-order valence-corrected chi connectivity index (χ1v) is 8.74. The number of hydrogen-bond acceptors (Lipinski definition) is 4. The van der Waals surface area contributed by atoms with Crippen molar-refractivity contribution >= 4 is 41.3 Å². The van der Waals surface area contributed by atoms with Gasteiger partial charge in [-0.05, 0) is 30.7 Å². The Balaban J connectivity index is 0.00000312. The third-order valence-electron chi connectivity index (χ3n) is 3.66. The predicted molar refractivity (Wildman–Crippen MR) is 116 cm³/mol. The zero-order chi connectivity index (χ0) is 17.4. The van der Waals surface area contributed by atoms with Gasteiger partial charge in [0.05, 0.1) is 20.8 Å². The van der Waals surface area contributed by atoms with Gasteiger partial charge in [-0.1, -0.05) is 6.92 Å². The van der Waals surface area contributed by atoms with Crippen LogP contribution in [0.25, 0.3) is 0 Å². The van der Waals surface area contributed by atoms with E-state index in [1.165, 1.54) is 9.75 Å². The van der Waals surface area contributed by atoms with Crippen molar-refractivity contribution in [1.29, 1.82) is 0 Å². The Morgan fingerprint density at radius 3 is 2.36 bits per heavy atom. The van der Waals surface area contributed by atoms with E-state index in [0.717, 1.165) is 36.0 Å².